The van der Waals surface area contributed by atoms with Gasteiger partial charge in [0.2, 0.25) is 11.9 Å². The van der Waals surface area contributed by atoms with Gasteiger partial charge < -0.3 is 4.90 Å². The van der Waals surface area contributed by atoms with Crippen LogP contribution in [0.25, 0.3) is 0 Å². The van der Waals surface area contributed by atoms with Crippen molar-refractivity contribution < 1.29 is 9.59 Å². The van der Waals surface area contributed by atoms with E-state index in [1.165, 1.54) is 4.90 Å². The van der Waals surface area contributed by atoms with E-state index in [4.69, 9.17) is 0 Å². The monoisotopic (exact) mass is 351 g/mol. The highest BCUT2D eigenvalue weighted by molar-refractivity contribution is 6.22. The molecule has 0 aliphatic carbocycles. The van der Waals surface area contributed by atoms with Gasteiger partial charge in [0.25, 0.3) is 5.91 Å². The van der Waals surface area contributed by atoms with Crippen molar-refractivity contribution in [1.82, 2.24) is 14.9 Å². The molecule has 0 radical (unpaired) electrons. The zero-order chi connectivity index (χ0) is 18.1. The SMILES string of the molecule is Cc1cccc(N2C(=O)C[C@@H](N3CCN(c4ncccn4)CC3)C2=O)c1. The van der Waals surface area contributed by atoms with Crippen molar-refractivity contribution >= 4 is 23.5 Å². The Labute approximate surface area is 152 Å². The quantitative estimate of drug-likeness (QED) is 0.775. The van der Waals surface area contributed by atoms with Gasteiger partial charge in [0.05, 0.1) is 18.2 Å². The molecule has 0 N–H and O–H groups in total. The van der Waals surface area contributed by atoms with E-state index in [2.05, 4.69) is 19.8 Å². The number of nitrogens with zero attached hydrogens (tertiary/aromatic N) is 5. The van der Waals surface area contributed by atoms with E-state index in [1.54, 1.807) is 18.5 Å². The van der Waals surface area contributed by atoms with Gasteiger partial charge in [-0.25, -0.2) is 14.9 Å². The van der Waals surface area contributed by atoms with E-state index in [9.17, 15) is 9.59 Å². The van der Waals surface area contributed by atoms with E-state index in [0.717, 1.165) is 18.7 Å². The van der Waals surface area contributed by atoms with Crippen molar-refractivity contribution in [2.75, 3.05) is 36.0 Å². The van der Waals surface area contributed by atoms with Crippen LogP contribution in [0.2, 0.25) is 0 Å². The Bertz CT molecular complexity index is 818. The minimum atomic E-state index is -0.373. The normalized spacial score (nSPS) is 21.5. The standard InChI is InChI=1S/C19H21N5O2/c1-14-4-2-5-15(12-14)24-17(25)13-16(18(24)26)22-8-10-23(11-9-22)19-20-6-3-7-21-19/h2-7,12,16H,8-11,13H2,1H3/t16-/m1/s1. The predicted octanol–water partition coefficient (Wildman–Crippen LogP) is 1.24. The third-order valence-corrected chi connectivity index (χ3v) is 4.97. The molecule has 0 unspecified atom stereocenters. The first-order valence-electron chi connectivity index (χ1n) is 8.83. The number of benzene rings is 1. The summed E-state index contributed by atoms with van der Waals surface area (Å²) in [6.07, 6.45) is 3.70. The molecule has 1 aromatic heterocycles. The summed E-state index contributed by atoms with van der Waals surface area (Å²) in [7, 11) is 0. The Balaban J connectivity index is 1.45. The molecule has 0 saturated carbocycles. The Morgan fingerprint density at radius 3 is 2.42 bits per heavy atom. The lowest BCUT2D eigenvalue weighted by molar-refractivity contribution is -0.123. The number of piperazine rings is 1. The highest BCUT2D eigenvalue weighted by Crippen LogP contribution is 2.27. The first-order chi connectivity index (χ1) is 12.6. The molecule has 0 spiro atoms. The molecule has 2 aromatic rings. The fourth-order valence-corrected chi connectivity index (χ4v) is 3.63. The van der Waals surface area contributed by atoms with Crippen molar-refractivity contribution in [3.8, 4) is 0 Å². The van der Waals surface area contributed by atoms with Crippen LogP contribution >= 0.6 is 0 Å². The van der Waals surface area contributed by atoms with Crippen LogP contribution in [0.4, 0.5) is 11.6 Å². The van der Waals surface area contributed by atoms with E-state index in [1.807, 2.05) is 31.2 Å². The van der Waals surface area contributed by atoms with Crippen molar-refractivity contribution in [2.24, 2.45) is 0 Å². The highest BCUT2D eigenvalue weighted by Gasteiger charge is 2.43. The summed E-state index contributed by atoms with van der Waals surface area (Å²) in [4.78, 5) is 39.5. The molecule has 4 rings (SSSR count). The second-order valence-corrected chi connectivity index (χ2v) is 6.70. The van der Waals surface area contributed by atoms with Gasteiger partial charge in [0.15, 0.2) is 0 Å². The lowest BCUT2D eigenvalue weighted by atomic mass is 10.1. The van der Waals surface area contributed by atoms with E-state index in [-0.39, 0.29) is 24.3 Å². The second kappa shape index (κ2) is 6.84. The average molecular weight is 351 g/mol. The molecule has 26 heavy (non-hydrogen) atoms. The van der Waals surface area contributed by atoms with Crippen LogP contribution in [0.5, 0.6) is 0 Å². The zero-order valence-electron chi connectivity index (χ0n) is 14.7. The van der Waals surface area contributed by atoms with Gasteiger partial charge in [-0.05, 0) is 30.7 Å². The smallest absolute Gasteiger partial charge is 0.251 e. The number of imide groups is 1. The van der Waals surface area contributed by atoms with Crippen LogP contribution in [-0.4, -0.2) is 58.9 Å². The number of anilines is 2. The summed E-state index contributed by atoms with van der Waals surface area (Å²) in [5.41, 5.74) is 1.70. The molecule has 1 atom stereocenters. The number of carbonyl (C=O) groups is 2. The van der Waals surface area contributed by atoms with Crippen LogP contribution in [0.1, 0.15) is 12.0 Å². The summed E-state index contributed by atoms with van der Waals surface area (Å²) in [6, 6.07) is 8.94. The van der Waals surface area contributed by atoms with Crippen LogP contribution in [0.15, 0.2) is 42.7 Å². The lowest BCUT2D eigenvalue weighted by Crippen LogP contribution is -2.53. The Morgan fingerprint density at radius 2 is 1.73 bits per heavy atom. The molecule has 2 aliphatic rings. The predicted molar refractivity (Wildman–Crippen MR) is 97.9 cm³/mol. The molecule has 2 amide bonds. The summed E-state index contributed by atoms with van der Waals surface area (Å²) in [5, 5.41) is 0. The number of amides is 2. The van der Waals surface area contributed by atoms with Gasteiger partial charge in [-0.1, -0.05) is 12.1 Å². The van der Waals surface area contributed by atoms with Crippen molar-refractivity contribution in [2.45, 2.75) is 19.4 Å². The summed E-state index contributed by atoms with van der Waals surface area (Å²) in [5.74, 6) is 0.465. The highest BCUT2D eigenvalue weighted by atomic mass is 16.2. The maximum atomic E-state index is 12.9. The first kappa shape index (κ1) is 16.7. The third kappa shape index (κ3) is 3.06. The molecule has 7 heteroatoms. The second-order valence-electron chi connectivity index (χ2n) is 6.70. The van der Waals surface area contributed by atoms with Gasteiger partial charge in [0.1, 0.15) is 0 Å². The largest absolute Gasteiger partial charge is 0.338 e. The van der Waals surface area contributed by atoms with Gasteiger partial charge in [-0.3, -0.25) is 14.5 Å². The maximum absolute atomic E-state index is 12.9. The average Bonchev–Trinajstić information content (AvgIpc) is 2.97. The van der Waals surface area contributed by atoms with Crippen molar-refractivity contribution in [3.05, 3.63) is 48.3 Å². The molecule has 2 saturated heterocycles. The molecule has 0 bridgehead atoms. The van der Waals surface area contributed by atoms with E-state index in [0.29, 0.717) is 24.7 Å². The Kier molecular flexibility index (Phi) is 4.38. The molecular weight excluding hydrogens is 330 g/mol. The number of rotatable bonds is 3. The molecule has 2 aliphatic heterocycles. The fourth-order valence-electron chi connectivity index (χ4n) is 3.63. The molecule has 7 nitrogen and oxygen atoms in total. The fraction of sp³-hybridized carbons (Fsp3) is 0.368. The van der Waals surface area contributed by atoms with Gasteiger partial charge >= 0.3 is 0 Å². The zero-order valence-corrected chi connectivity index (χ0v) is 14.7. The molecule has 1 aromatic carbocycles. The van der Waals surface area contributed by atoms with Gasteiger partial charge in [-0.15, -0.1) is 0 Å². The minimum absolute atomic E-state index is 0.120. The Hall–Kier alpha value is -2.80. The number of aryl methyl sites for hydroxylation is 1. The van der Waals surface area contributed by atoms with E-state index < -0.39 is 0 Å². The van der Waals surface area contributed by atoms with Crippen LogP contribution < -0.4 is 9.80 Å². The third-order valence-electron chi connectivity index (χ3n) is 4.97. The molecule has 3 heterocycles. The van der Waals surface area contributed by atoms with Gasteiger partial charge in [-0.2, -0.15) is 0 Å². The lowest BCUT2D eigenvalue weighted by Gasteiger charge is -2.36. The summed E-state index contributed by atoms with van der Waals surface area (Å²) in [6.45, 7) is 4.86. The first-order valence-corrected chi connectivity index (χ1v) is 8.83. The van der Waals surface area contributed by atoms with E-state index >= 15 is 0 Å². The summed E-state index contributed by atoms with van der Waals surface area (Å²) < 4.78 is 0. The number of hydrogen-bond acceptors (Lipinski definition) is 6. The molecular formula is C19H21N5O2. The van der Waals surface area contributed by atoms with Gasteiger partial charge in [0, 0.05) is 38.6 Å². The summed E-state index contributed by atoms with van der Waals surface area (Å²) >= 11 is 0. The van der Waals surface area contributed by atoms with Crippen LogP contribution in [0, 0.1) is 6.92 Å². The molecule has 2 fully saturated rings. The molecule has 134 valence electrons. The topological polar surface area (TPSA) is 69.6 Å². The number of hydrogen-bond donors (Lipinski definition) is 0. The Morgan fingerprint density at radius 1 is 1.00 bits per heavy atom. The minimum Gasteiger partial charge on any atom is -0.338 e. The maximum Gasteiger partial charge on any atom is 0.251 e. The number of aromatic nitrogens is 2. The number of carbonyl (C=O) groups excluding carboxylic acids is 2. The van der Waals surface area contributed by atoms with Crippen molar-refractivity contribution in [1.29, 1.82) is 0 Å². The van der Waals surface area contributed by atoms with Crippen LogP contribution in [0.3, 0.4) is 0 Å². The van der Waals surface area contributed by atoms with Crippen molar-refractivity contribution in [3.63, 3.8) is 0 Å². The van der Waals surface area contributed by atoms with Crippen LogP contribution in [-0.2, 0) is 9.59 Å².